The molecule has 1 aliphatic rings. The zero-order chi connectivity index (χ0) is 9.26. The third-order valence-corrected chi connectivity index (χ3v) is 1.92. The van der Waals surface area contributed by atoms with Crippen LogP contribution in [0, 0.1) is 0 Å². The predicted molar refractivity (Wildman–Crippen MR) is 50.4 cm³/mol. The zero-order valence-corrected chi connectivity index (χ0v) is 7.66. The molecule has 1 saturated carbocycles. The lowest BCUT2D eigenvalue weighted by Gasteiger charge is -2.02. The highest BCUT2D eigenvalue weighted by Crippen LogP contribution is 2.24. The number of hydrogen-bond donors (Lipinski definition) is 0. The summed E-state index contributed by atoms with van der Waals surface area (Å²) in [4.78, 5) is 8.17. The molecule has 2 rings (SSSR count). The average molecular weight is 176 g/mol. The Morgan fingerprint density at radius 1 is 1.46 bits per heavy atom. The first-order valence-corrected chi connectivity index (χ1v) is 4.40. The molecule has 13 heavy (non-hydrogen) atoms. The molecule has 0 N–H and O–H groups in total. The van der Waals surface area contributed by atoms with Crippen LogP contribution in [0.2, 0.25) is 0 Å². The van der Waals surface area contributed by atoms with Crippen molar-refractivity contribution >= 4 is 5.57 Å². The lowest BCUT2D eigenvalue weighted by atomic mass is 10.2. The summed E-state index contributed by atoms with van der Waals surface area (Å²) in [5, 5.41) is 0. The van der Waals surface area contributed by atoms with E-state index in [4.69, 9.17) is 4.74 Å². The number of aromatic nitrogens is 2. The minimum Gasteiger partial charge on any atom is -0.460 e. The van der Waals surface area contributed by atoms with Crippen molar-refractivity contribution in [2.45, 2.75) is 25.9 Å². The molecule has 0 unspecified atom stereocenters. The van der Waals surface area contributed by atoms with E-state index < -0.39 is 0 Å². The molecule has 1 aromatic rings. The van der Waals surface area contributed by atoms with E-state index in [0.29, 0.717) is 12.1 Å². The molecule has 0 radical (unpaired) electrons. The van der Waals surface area contributed by atoms with E-state index in [9.17, 15) is 0 Å². The van der Waals surface area contributed by atoms with Crippen LogP contribution in [-0.2, 0) is 0 Å². The van der Waals surface area contributed by atoms with E-state index in [1.54, 1.807) is 12.4 Å². The molecule has 1 heterocycles. The average Bonchev–Trinajstić information content (AvgIpc) is 2.89. The van der Waals surface area contributed by atoms with E-state index in [2.05, 4.69) is 16.5 Å². The third kappa shape index (κ3) is 2.05. The fraction of sp³-hybridized carbons (Fsp3) is 0.400. The molecule has 0 aliphatic heterocycles. The molecule has 0 bridgehead atoms. The van der Waals surface area contributed by atoms with Crippen molar-refractivity contribution in [2.24, 2.45) is 0 Å². The first-order valence-electron chi connectivity index (χ1n) is 4.40. The Hall–Kier alpha value is -1.38. The molecule has 0 spiro atoms. The summed E-state index contributed by atoms with van der Waals surface area (Å²) in [6.07, 6.45) is 6.10. The highest BCUT2D eigenvalue weighted by Gasteiger charge is 2.24. The molecule has 0 atom stereocenters. The van der Waals surface area contributed by atoms with Gasteiger partial charge in [0.25, 0.3) is 0 Å². The van der Waals surface area contributed by atoms with Crippen molar-refractivity contribution in [3.8, 4) is 6.01 Å². The summed E-state index contributed by atoms with van der Waals surface area (Å²) in [6.45, 7) is 5.74. The van der Waals surface area contributed by atoms with Crippen LogP contribution in [0.3, 0.4) is 0 Å². The van der Waals surface area contributed by atoms with Gasteiger partial charge in [-0.25, -0.2) is 9.97 Å². The Bertz CT molecular complexity index is 314. The van der Waals surface area contributed by atoms with Crippen molar-refractivity contribution in [1.82, 2.24) is 9.97 Å². The van der Waals surface area contributed by atoms with Gasteiger partial charge >= 0.3 is 6.01 Å². The number of ether oxygens (including phenoxy) is 1. The van der Waals surface area contributed by atoms with Crippen molar-refractivity contribution < 1.29 is 4.74 Å². The SMILES string of the molecule is C=C(C)c1cnc(OC2CC2)nc1. The second-order valence-corrected chi connectivity index (χ2v) is 3.35. The smallest absolute Gasteiger partial charge is 0.316 e. The first-order chi connectivity index (χ1) is 6.25. The largest absolute Gasteiger partial charge is 0.460 e. The molecule has 0 saturated heterocycles. The van der Waals surface area contributed by atoms with E-state index in [1.807, 2.05) is 6.92 Å². The van der Waals surface area contributed by atoms with E-state index in [1.165, 1.54) is 0 Å². The van der Waals surface area contributed by atoms with Gasteiger partial charge in [-0.15, -0.1) is 0 Å². The van der Waals surface area contributed by atoms with Crippen LogP contribution in [0.4, 0.5) is 0 Å². The van der Waals surface area contributed by atoms with Gasteiger partial charge in [0.1, 0.15) is 6.10 Å². The Kier molecular flexibility index (Phi) is 2.00. The van der Waals surface area contributed by atoms with Crippen LogP contribution in [0.25, 0.3) is 5.57 Å². The van der Waals surface area contributed by atoms with Gasteiger partial charge in [0.15, 0.2) is 0 Å². The van der Waals surface area contributed by atoms with Crippen LogP contribution in [-0.4, -0.2) is 16.1 Å². The molecule has 68 valence electrons. The molecule has 3 nitrogen and oxygen atoms in total. The molecule has 3 heteroatoms. The lowest BCUT2D eigenvalue weighted by molar-refractivity contribution is 0.278. The fourth-order valence-corrected chi connectivity index (χ4v) is 0.932. The second kappa shape index (κ2) is 3.17. The minimum absolute atomic E-state index is 0.357. The summed E-state index contributed by atoms with van der Waals surface area (Å²) in [5.74, 6) is 0. The van der Waals surface area contributed by atoms with Crippen LogP contribution in [0.5, 0.6) is 6.01 Å². The molecule has 1 aromatic heterocycles. The molecule has 1 aliphatic carbocycles. The lowest BCUT2D eigenvalue weighted by Crippen LogP contribution is -2.00. The van der Waals surface area contributed by atoms with Gasteiger partial charge in [-0.2, -0.15) is 0 Å². The first kappa shape index (κ1) is 8.23. The third-order valence-electron chi connectivity index (χ3n) is 1.92. The molecular weight excluding hydrogens is 164 g/mol. The quantitative estimate of drug-likeness (QED) is 0.707. The van der Waals surface area contributed by atoms with Crippen molar-refractivity contribution in [1.29, 1.82) is 0 Å². The number of hydrogen-bond acceptors (Lipinski definition) is 3. The monoisotopic (exact) mass is 176 g/mol. The number of nitrogens with zero attached hydrogens (tertiary/aromatic N) is 2. The molecule has 0 amide bonds. The van der Waals surface area contributed by atoms with Crippen LogP contribution in [0.1, 0.15) is 25.3 Å². The summed E-state index contributed by atoms with van der Waals surface area (Å²) in [7, 11) is 0. The predicted octanol–water partition coefficient (Wildman–Crippen LogP) is 2.05. The second-order valence-electron chi connectivity index (χ2n) is 3.35. The van der Waals surface area contributed by atoms with Gasteiger partial charge in [-0.05, 0) is 25.3 Å². The molecular formula is C10H12N2O. The van der Waals surface area contributed by atoms with Gasteiger partial charge in [-0.3, -0.25) is 0 Å². The van der Waals surface area contributed by atoms with Gasteiger partial charge in [0, 0.05) is 18.0 Å². The normalized spacial score (nSPS) is 15.5. The van der Waals surface area contributed by atoms with Gasteiger partial charge in [0.05, 0.1) is 0 Å². The van der Waals surface area contributed by atoms with E-state index in [0.717, 1.165) is 24.0 Å². The number of rotatable bonds is 3. The zero-order valence-electron chi connectivity index (χ0n) is 7.66. The molecule has 1 fully saturated rings. The van der Waals surface area contributed by atoms with Gasteiger partial charge in [0.2, 0.25) is 0 Å². The van der Waals surface area contributed by atoms with Crippen molar-refractivity contribution in [3.63, 3.8) is 0 Å². The Morgan fingerprint density at radius 2 is 2.08 bits per heavy atom. The standard InChI is InChI=1S/C10H12N2O/c1-7(2)8-5-11-10(12-6-8)13-9-3-4-9/h5-6,9H,1,3-4H2,2H3. The summed E-state index contributed by atoms with van der Waals surface area (Å²) >= 11 is 0. The topological polar surface area (TPSA) is 35.0 Å². The summed E-state index contributed by atoms with van der Waals surface area (Å²) < 4.78 is 5.41. The van der Waals surface area contributed by atoms with Crippen LogP contribution < -0.4 is 4.74 Å². The highest BCUT2D eigenvalue weighted by molar-refractivity contribution is 5.59. The Labute approximate surface area is 77.5 Å². The van der Waals surface area contributed by atoms with E-state index in [-0.39, 0.29) is 0 Å². The minimum atomic E-state index is 0.357. The maximum Gasteiger partial charge on any atom is 0.316 e. The van der Waals surface area contributed by atoms with Crippen molar-refractivity contribution in [3.05, 3.63) is 24.5 Å². The summed E-state index contributed by atoms with van der Waals surface area (Å²) in [5.41, 5.74) is 1.93. The Morgan fingerprint density at radius 3 is 2.54 bits per heavy atom. The highest BCUT2D eigenvalue weighted by atomic mass is 16.5. The van der Waals surface area contributed by atoms with E-state index >= 15 is 0 Å². The fourth-order valence-electron chi connectivity index (χ4n) is 0.932. The number of allylic oxidation sites excluding steroid dienone is 1. The van der Waals surface area contributed by atoms with Crippen LogP contribution >= 0.6 is 0 Å². The Balaban J connectivity index is 2.08. The maximum atomic E-state index is 5.41. The van der Waals surface area contributed by atoms with Crippen LogP contribution in [0.15, 0.2) is 19.0 Å². The maximum absolute atomic E-state index is 5.41. The van der Waals surface area contributed by atoms with Crippen molar-refractivity contribution in [2.75, 3.05) is 0 Å². The summed E-state index contributed by atoms with van der Waals surface area (Å²) in [6, 6.07) is 0.479. The van der Waals surface area contributed by atoms with Gasteiger partial charge in [-0.1, -0.05) is 6.58 Å². The van der Waals surface area contributed by atoms with Gasteiger partial charge < -0.3 is 4.74 Å². The molecule has 0 aromatic carbocycles.